The first-order valence-electron chi connectivity index (χ1n) is 17.1. The predicted molar refractivity (Wildman–Crippen MR) is 207 cm³/mol. The van der Waals surface area contributed by atoms with E-state index < -0.39 is 102 Å². The third kappa shape index (κ3) is 12.6. The second-order valence-corrected chi connectivity index (χ2v) is 31.4. The summed E-state index contributed by atoms with van der Waals surface area (Å²) >= 11 is 4.38. The summed E-state index contributed by atoms with van der Waals surface area (Å²) in [5, 5.41) is 0. The van der Waals surface area contributed by atoms with Crippen molar-refractivity contribution in [3.05, 3.63) is 47.5 Å². The lowest BCUT2D eigenvalue weighted by Crippen LogP contribution is -2.36. The number of thiophene rings is 4. The Morgan fingerprint density at radius 1 is 0.518 bits per heavy atom. The van der Waals surface area contributed by atoms with E-state index in [1.165, 1.54) is 17.4 Å². The summed E-state index contributed by atoms with van der Waals surface area (Å²) in [6, 6.07) is 9.03. The van der Waals surface area contributed by atoms with Crippen LogP contribution < -0.4 is 9.00 Å². The smallest absolute Gasteiger partial charge is 0.210 e. The second-order valence-electron chi connectivity index (χ2n) is 16.3. The summed E-state index contributed by atoms with van der Waals surface area (Å²) in [5.41, 5.74) is -0.724. The molecule has 0 saturated heterocycles. The molecule has 0 aliphatic carbocycles. The lowest BCUT2D eigenvalue weighted by atomic mass is 9.97. The van der Waals surface area contributed by atoms with Crippen LogP contribution in [0.1, 0.15) is 50.2 Å². The van der Waals surface area contributed by atoms with E-state index in [-0.39, 0.29) is 22.2 Å². The number of halogens is 14. The first-order valence-corrected chi connectivity index (χ1v) is 27.4. The highest BCUT2D eigenvalue weighted by atomic mass is 32.1. The van der Waals surface area contributed by atoms with Gasteiger partial charge in [0.2, 0.25) is 6.43 Å². The molecule has 4 heterocycles. The molecule has 0 amide bonds. The van der Waals surface area contributed by atoms with Crippen molar-refractivity contribution >= 4 is 70.5 Å². The summed E-state index contributed by atoms with van der Waals surface area (Å²) in [6.07, 6.45) is -15.8. The van der Waals surface area contributed by atoms with Crippen LogP contribution in [0.4, 0.5) is 61.5 Å². The van der Waals surface area contributed by atoms with Gasteiger partial charge in [-0.05, 0) is 57.9 Å². The number of hydrogen-bond donors (Lipinski definition) is 0. The molecule has 0 N–H and O–H groups in total. The second kappa shape index (κ2) is 16.0. The molecule has 4 aromatic heterocycles. The summed E-state index contributed by atoms with van der Waals surface area (Å²) in [4.78, 5) is 2.17. The summed E-state index contributed by atoms with van der Waals surface area (Å²) in [7, 11) is -4.47. The zero-order valence-electron chi connectivity index (χ0n) is 31.2. The van der Waals surface area contributed by atoms with E-state index >= 15 is 17.6 Å². The van der Waals surface area contributed by atoms with E-state index in [0.29, 0.717) is 24.0 Å². The molecule has 0 spiro atoms. The SMILES string of the molecule is CC(F)(F)CC(F)(F)CC(F)(F)Cc1cc([Si](C)(C)C)sc1-c1ccc(-c2ccc(-c3sc([Si](C)(C)C)cc3C(F)(F)CC(F)(F)CC(F)(F)CC(F)F)s2)s1. The fourth-order valence-electron chi connectivity index (χ4n) is 5.93. The van der Waals surface area contributed by atoms with Gasteiger partial charge in [-0.15, -0.1) is 45.3 Å². The third-order valence-electron chi connectivity index (χ3n) is 8.30. The zero-order chi connectivity index (χ0) is 42.7. The molecule has 0 nitrogen and oxygen atoms in total. The van der Waals surface area contributed by atoms with Crippen molar-refractivity contribution in [2.24, 2.45) is 0 Å². The van der Waals surface area contributed by atoms with Crippen LogP contribution in [0.15, 0.2) is 36.4 Å². The number of rotatable bonds is 18. The van der Waals surface area contributed by atoms with Gasteiger partial charge >= 0.3 is 0 Å². The van der Waals surface area contributed by atoms with Gasteiger partial charge in [-0.25, -0.2) is 61.5 Å². The van der Waals surface area contributed by atoms with E-state index in [0.717, 1.165) is 44.6 Å². The molecule has 0 unspecified atom stereocenters. The highest BCUT2D eigenvalue weighted by Crippen LogP contribution is 2.51. The van der Waals surface area contributed by atoms with Gasteiger partial charge in [0.05, 0.1) is 53.1 Å². The van der Waals surface area contributed by atoms with Crippen molar-refractivity contribution in [1.82, 2.24) is 0 Å². The van der Waals surface area contributed by atoms with Gasteiger partial charge in [0, 0.05) is 36.4 Å². The molecule has 0 aliphatic heterocycles. The summed E-state index contributed by atoms with van der Waals surface area (Å²) < 4.78 is 201. The molecular formula is C36H40F14S4Si2. The normalized spacial score (nSPS) is 14.4. The highest BCUT2D eigenvalue weighted by Gasteiger charge is 2.52. The van der Waals surface area contributed by atoms with Crippen molar-refractivity contribution < 1.29 is 61.5 Å². The number of hydrogen-bond acceptors (Lipinski definition) is 4. The predicted octanol–water partition coefficient (Wildman–Crippen LogP) is 15.1. The Morgan fingerprint density at radius 2 is 0.946 bits per heavy atom. The molecule has 0 saturated carbocycles. The standard InChI is InChI=1S/C36H40F14S4Si2/c1-31(39,40)16-34(45,46)17-32(41,42)14-20-12-27(55(2,3)4)53-29(20)24-10-8-22(51-24)23-9-11-25(52-23)30-21(13-28(54-30)56(5,6)7)36(49,50)19-35(47,48)18-33(43,44)15-26(37)38/h8-13,26H,14-19H2,1-7H3. The summed E-state index contributed by atoms with van der Waals surface area (Å²) in [5.74, 6) is -25.8. The monoisotopic (exact) mass is 922 g/mol. The zero-order valence-corrected chi connectivity index (χ0v) is 36.5. The molecule has 4 rings (SSSR count). The lowest BCUT2D eigenvalue weighted by Gasteiger charge is -2.27. The molecule has 0 radical (unpaired) electrons. The van der Waals surface area contributed by atoms with Crippen molar-refractivity contribution in [3.8, 4) is 29.3 Å². The van der Waals surface area contributed by atoms with Crippen LogP contribution in [0.5, 0.6) is 0 Å². The van der Waals surface area contributed by atoms with Crippen molar-refractivity contribution in [2.45, 2.75) is 127 Å². The van der Waals surface area contributed by atoms with Gasteiger partial charge in [-0.1, -0.05) is 39.3 Å². The maximum atomic E-state index is 15.8. The van der Waals surface area contributed by atoms with Gasteiger partial charge < -0.3 is 0 Å². The topological polar surface area (TPSA) is 0 Å². The van der Waals surface area contributed by atoms with Crippen LogP contribution in [0.3, 0.4) is 0 Å². The van der Waals surface area contributed by atoms with E-state index in [1.54, 1.807) is 24.3 Å². The highest BCUT2D eigenvalue weighted by molar-refractivity contribution is 7.33. The van der Waals surface area contributed by atoms with Crippen LogP contribution in [0.2, 0.25) is 39.3 Å². The molecule has 0 bridgehead atoms. The average molecular weight is 923 g/mol. The fourth-order valence-corrected chi connectivity index (χ4v) is 14.4. The molecular weight excluding hydrogens is 883 g/mol. The largest absolute Gasteiger partial charge is 0.280 e. The van der Waals surface area contributed by atoms with E-state index in [2.05, 4.69) is 0 Å². The van der Waals surface area contributed by atoms with Crippen molar-refractivity contribution in [2.75, 3.05) is 0 Å². The van der Waals surface area contributed by atoms with Gasteiger partial charge in [0.1, 0.15) is 0 Å². The first-order chi connectivity index (χ1) is 25.1. The third-order valence-corrected chi connectivity index (χ3v) is 20.5. The van der Waals surface area contributed by atoms with Gasteiger partial charge in [0.25, 0.3) is 35.5 Å². The maximum Gasteiger partial charge on any atom is 0.280 e. The van der Waals surface area contributed by atoms with Crippen LogP contribution in [0, 0.1) is 0 Å². The molecule has 0 aromatic carbocycles. The summed E-state index contributed by atoms with van der Waals surface area (Å²) in [6.45, 7) is 11.7. The van der Waals surface area contributed by atoms with E-state index in [4.69, 9.17) is 0 Å². The average Bonchev–Trinajstić information content (AvgIpc) is 3.72. The van der Waals surface area contributed by atoms with E-state index in [1.807, 2.05) is 39.3 Å². The van der Waals surface area contributed by atoms with Crippen molar-refractivity contribution in [3.63, 3.8) is 0 Å². The lowest BCUT2D eigenvalue weighted by molar-refractivity contribution is -0.168. The van der Waals surface area contributed by atoms with Crippen LogP contribution >= 0.6 is 45.3 Å². The molecule has 56 heavy (non-hydrogen) atoms. The Bertz CT molecular complexity index is 1950. The fraction of sp³-hybridized carbons (Fsp3) is 0.556. The maximum absolute atomic E-state index is 15.8. The van der Waals surface area contributed by atoms with Gasteiger partial charge in [0.15, 0.2) is 0 Å². The van der Waals surface area contributed by atoms with Crippen LogP contribution in [-0.2, 0) is 12.3 Å². The van der Waals surface area contributed by atoms with Crippen LogP contribution in [0.25, 0.3) is 29.3 Å². The minimum atomic E-state index is -4.70. The van der Waals surface area contributed by atoms with Gasteiger partial charge in [-0.2, -0.15) is 0 Å². The number of alkyl halides is 14. The quantitative estimate of drug-likeness (QED) is 0.0689. The minimum Gasteiger partial charge on any atom is -0.210 e. The molecule has 4 aromatic rings. The Hall–Kier alpha value is -1.75. The molecule has 0 aliphatic rings. The molecule has 314 valence electrons. The Kier molecular flexibility index (Phi) is 13.4. The molecule has 20 heteroatoms. The Balaban J connectivity index is 1.69. The minimum absolute atomic E-state index is 0.0595. The first kappa shape index (κ1) is 46.9. The molecule has 0 atom stereocenters. The van der Waals surface area contributed by atoms with E-state index in [9.17, 15) is 43.9 Å². The van der Waals surface area contributed by atoms with Crippen LogP contribution in [-0.4, -0.2) is 52.2 Å². The molecule has 0 fully saturated rings. The van der Waals surface area contributed by atoms with Gasteiger partial charge in [-0.3, -0.25) is 0 Å². The van der Waals surface area contributed by atoms with Crippen molar-refractivity contribution in [1.29, 1.82) is 0 Å². The Labute approximate surface area is 334 Å². The Morgan fingerprint density at radius 3 is 1.43 bits per heavy atom.